The highest BCUT2D eigenvalue weighted by molar-refractivity contribution is 6.00. The Bertz CT molecular complexity index is 1520. The molecule has 214 valence electrons. The number of hydrogen-bond donors (Lipinski definition) is 0. The van der Waals surface area contributed by atoms with Crippen LogP contribution in [0.15, 0.2) is 28.8 Å². The molecule has 0 unspecified atom stereocenters. The van der Waals surface area contributed by atoms with E-state index in [1.807, 2.05) is 24.1 Å². The van der Waals surface area contributed by atoms with Gasteiger partial charge in [-0.3, -0.25) is 4.79 Å². The zero-order valence-corrected chi connectivity index (χ0v) is 23.7. The van der Waals surface area contributed by atoms with Crippen molar-refractivity contribution < 1.29 is 13.7 Å². The highest BCUT2D eigenvalue weighted by Crippen LogP contribution is 2.70. The Balaban J connectivity index is 1.01. The van der Waals surface area contributed by atoms with E-state index in [1.54, 1.807) is 0 Å². The van der Waals surface area contributed by atoms with E-state index in [9.17, 15) is 9.18 Å². The maximum atomic E-state index is 14.6. The molecule has 1 aromatic carbocycles. The van der Waals surface area contributed by atoms with Gasteiger partial charge in [-0.15, -0.1) is 10.2 Å². The van der Waals surface area contributed by atoms with Crippen molar-refractivity contribution in [3.05, 3.63) is 41.8 Å². The van der Waals surface area contributed by atoms with E-state index in [0.717, 1.165) is 73.1 Å². The minimum absolute atomic E-state index is 0.0183. The van der Waals surface area contributed by atoms with Gasteiger partial charge in [0.05, 0.1) is 5.41 Å². The third-order valence-corrected chi connectivity index (χ3v) is 11.7. The fourth-order valence-electron chi connectivity index (χ4n) is 8.67. The van der Waals surface area contributed by atoms with Crippen LogP contribution in [0.25, 0.3) is 11.4 Å². The fourth-order valence-corrected chi connectivity index (χ4v) is 8.67. The van der Waals surface area contributed by atoms with Crippen LogP contribution in [0, 0.1) is 10.8 Å². The number of hydrogen-bond acceptors (Lipinski definition) is 6. The summed E-state index contributed by atoms with van der Waals surface area (Å²) in [6.07, 6.45) is 12.0. The van der Waals surface area contributed by atoms with Crippen LogP contribution in [0.3, 0.4) is 0 Å². The first kappa shape index (κ1) is 24.5. The van der Waals surface area contributed by atoms with Crippen LogP contribution in [0.1, 0.15) is 113 Å². The zero-order valence-electron chi connectivity index (χ0n) is 23.7. The van der Waals surface area contributed by atoms with Crippen molar-refractivity contribution >= 4 is 11.6 Å². The third-order valence-electron chi connectivity index (χ3n) is 11.7. The number of carbonyl (C=O) groups excluding carboxylic acids is 1. The average Bonchev–Trinajstić information content (AvgIpc) is 3.90. The van der Waals surface area contributed by atoms with Gasteiger partial charge in [-0.05, 0) is 101 Å². The maximum absolute atomic E-state index is 14.6. The van der Waals surface area contributed by atoms with Crippen molar-refractivity contribution in [3.8, 4) is 11.4 Å². The van der Waals surface area contributed by atoms with Gasteiger partial charge in [-0.2, -0.15) is 4.98 Å². The first-order valence-corrected chi connectivity index (χ1v) is 15.6. The summed E-state index contributed by atoms with van der Waals surface area (Å²) in [7, 11) is 2.04. The van der Waals surface area contributed by atoms with Gasteiger partial charge in [-0.1, -0.05) is 17.3 Å². The van der Waals surface area contributed by atoms with Crippen molar-refractivity contribution in [2.24, 2.45) is 17.9 Å². The van der Waals surface area contributed by atoms with Gasteiger partial charge in [0.25, 0.3) is 0 Å². The maximum Gasteiger partial charge on any atom is 0.233 e. The molecular formula is C32H37FN6O2. The molecule has 0 radical (unpaired) electrons. The number of anilines is 1. The van der Waals surface area contributed by atoms with E-state index in [4.69, 9.17) is 9.51 Å². The number of fused-ring (bicyclic) bond motifs is 3. The van der Waals surface area contributed by atoms with Gasteiger partial charge in [-0.25, -0.2) is 4.39 Å². The van der Waals surface area contributed by atoms with Crippen molar-refractivity contribution in [3.63, 3.8) is 0 Å². The monoisotopic (exact) mass is 556 g/mol. The Labute approximate surface area is 239 Å². The molecule has 1 amide bonds. The van der Waals surface area contributed by atoms with Gasteiger partial charge >= 0.3 is 0 Å². The van der Waals surface area contributed by atoms with E-state index >= 15 is 0 Å². The standard InChI is InChI=1S/C32H37FN6O2/c1-38-25(21-7-8-21)35-36-26(38)22-3-2-4-23(15-22)39(28(40)31-16-32(33,17-31)18-31)19-29-9-12-30(13-10-29,14-11-29)27-34-24(37-41-27)20-5-6-20/h2-4,15,20-21H,5-14,16-19H2,1H3. The van der Waals surface area contributed by atoms with Crippen LogP contribution < -0.4 is 4.90 Å². The molecule has 11 rings (SSSR count). The summed E-state index contributed by atoms with van der Waals surface area (Å²) in [6, 6.07) is 8.21. The van der Waals surface area contributed by atoms with Gasteiger partial charge in [0.2, 0.25) is 11.8 Å². The van der Waals surface area contributed by atoms with Crippen LogP contribution in [0.2, 0.25) is 0 Å². The molecule has 0 spiro atoms. The molecule has 2 heterocycles. The molecule has 8 fully saturated rings. The van der Waals surface area contributed by atoms with Crippen LogP contribution in [-0.2, 0) is 17.3 Å². The molecule has 8 nitrogen and oxygen atoms in total. The molecule has 3 aromatic rings. The molecule has 0 aliphatic heterocycles. The average molecular weight is 557 g/mol. The SMILES string of the molecule is Cn1c(-c2cccc(N(CC34CCC(c5nc(C6CC6)no5)(CC3)CC4)C(=O)C34CC(F)(C3)C4)c2)nnc1C1CC1. The van der Waals surface area contributed by atoms with Crippen LogP contribution in [0.4, 0.5) is 10.1 Å². The minimum Gasteiger partial charge on any atom is -0.339 e. The number of alkyl halides is 1. The summed E-state index contributed by atoms with van der Waals surface area (Å²) in [5.74, 6) is 4.71. The number of aromatic nitrogens is 5. The second-order valence-electron chi connectivity index (χ2n) is 14.6. The molecular weight excluding hydrogens is 519 g/mol. The smallest absolute Gasteiger partial charge is 0.233 e. The minimum atomic E-state index is -1.11. The summed E-state index contributed by atoms with van der Waals surface area (Å²) in [5.41, 5.74) is 0.250. The summed E-state index contributed by atoms with van der Waals surface area (Å²) in [5, 5.41) is 13.3. The second kappa shape index (κ2) is 8.04. The molecule has 0 N–H and O–H groups in total. The predicted molar refractivity (Wildman–Crippen MR) is 149 cm³/mol. The first-order valence-electron chi connectivity index (χ1n) is 15.6. The molecule has 41 heavy (non-hydrogen) atoms. The van der Waals surface area contributed by atoms with E-state index in [0.29, 0.717) is 37.6 Å². The van der Waals surface area contributed by atoms with Crippen molar-refractivity contribution in [1.29, 1.82) is 0 Å². The fraction of sp³-hybridized carbons (Fsp3) is 0.656. The normalized spacial score (nSPS) is 35.2. The summed E-state index contributed by atoms with van der Waals surface area (Å²) >= 11 is 0. The molecule has 8 aliphatic carbocycles. The quantitative estimate of drug-likeness (QED) is 0.331. The lowest BCUT2D eigenvalue weighted by Crippen LogP contribution is -2.71. The van der Waals surface area contributed by atoms with Crippen LogP contribution >= 0.6 is 0 Å². The molecule has 2 aromatic heterocycles. The molecule has 0 saturated heterocycles. The van der Waals surface area contributed by atoms with Crippen molar-refractivity contribution in [1.82, 2.24) is 24.9 Å². The predicted octanol–water partition coefficient (Wildman–Crippen LogP) is 6.14. The number of halogens is 1. The number of amides is 1. The highest BCUT2D eigenvalue weighted by atomic mass is 19.1. The van der Waals surface area contributed by atoms with Crippen LogP contribution in [0.5, 0.6) is 0 Å². The lowest BCUT2D eigenvalue weighted by molar-refractivity contribution is -0.211. The lowest BCUT2D eigenvalue weighted by Gasteiger charge is -2.65. The van der Waals surface area contributed by atoms with Crippen molar-refractivity contribution in [2.75, 3.05) is 11.4 Å². The third kappa shape index (κ3) is 3.65. The Morgan fingerprint density at radius 2 is 1.73 bits per heavy atom. The van der Waals surface area contributed by atoms with E-state index < -0.39 is 11.1 Å². The van der Waals surface area contributed by atoms with Gasteiger partial charge < -0.3 is 14.0 Å². The number of rotatable bonds is 8. The molecule has 8 saturated carbocycles. The summed E-state index contributed by atoms with van der Waals surface area (Å²) in [4.78, 5) is 21.1. The zero-order chi connectivity index (χ0) is 27.6. The van der Waals surface area contributed by atoms with E-state index in [1.165, 1.54) is 25.7 Å². The second-order valence-corrected chi connectivity index (χ2v) is 14.6. The Morgan fingerprint density at radius 3 is 2.39 bits per heavy atom. The molecule has 0 atom stereocenters. The Hall–Kier alpha value is -3.10. The largest absolute Gasteiger partial charge is 0.339 e. The van der Waals surface area contributed by atoms with E-state index in [2.05, 4.69) is 32.1 Å². The van der Waals surface area contributed by atoms with Crippen LogP contribution in [-0.4, -0.2) is 43.0 Å². The van der Waals surface area contributed by atoms with Gasteiger partial charge in [0, 0.05) is 42.1 Å². The highest BCUT2D eigenvalue weighted by Gasteiger charge is 2.73. The van der Waals surface area contributed by atoms with Crippen molar-refractivity contribution in [2.45, 2.75) is 106 Å². The lowest BCUT2D eigenvalue weighted by atomic mass is 9.41. The number of nitrogens with zero attached hydrogens (tertiary/aromatic N) is 6. The summed E-state index contributed by atoms with van der Waals surface area (Å²) in [6.45, 7) is 0.676. The van der Waals surface area contributed by atoms with E-state index in [-0.39, 0.29) is 16.7 Å². The molecule has 4 bridgehead atoms. The molecule has 8 aliphatic rings. The topological polar surface area (TPSA) is 89.9 Å². The summed E-state index contributed by atoms with van der Waals surface area (Å²) < 4.78 is 22.5. The molecule has 9 heteroatoms. The first-order chi connectivity index (χ1) is 19.8. The Morgan fingerprint density at radius 1 is 1.02 bits per heavy atom. The Kier molecular flexibility index (Phi) is 4.80. The van der Waals surface area contributed by atoms with Gasteiger partial charge in [0.1, 0.15) is 11.5 Å². The number of carbonyl (C=O) groups is 1. The number of benzene rings is 1. The van der Waals surface area contributed by atoms with Gasteiger partial charge in [0.15, 0.2) is 11.6 Å².